The number of halogens is 3. The number of hydrogen-bond donors (Lipinski definition) is 2. The molecule has 0 saturated heterocycles. The fraction of sp³-hybridized carbons (Fsp3) is 0.700. The van der Waals surface area contributed by atoms with E-state index < -0.39 is 28.2 Å². The quantitative estimate of drug-likeness (QED) is 0.890. The van der Waals surface area contributed by atoms with E-state index in [1.807, 2.05) is 0 Å². The molecule has 19 heavy (non-hydrogen) atoms. The maximum Gasteiger partial charge on any atom is 0.405 e. The number of rotatable bonds is 4. The molecular formula is C10H14F3N3O2S. The van der Waals surface area contributed by atoms with Gasteiger partial charge in [-0.05, 0) is 18.8 Å². The van der Waals surface area contributed by atoms with Crippen LogP contribution in [0.1, 0.15) is 25.7 Å². The number of hydrogen-bond acceptors (Lipinski definition) is 3. The minimum atomic E-state index is -4.60. The molecule has 0 bridgehead atoms. The molecule has 1 atom stereocenters. The first kappa shape index (κ1) is 14.3. The van der Waals surface area contributed by atoms with Gasteiger partial charge in [0.1, 0.15) is 6.04 Å². The second-order valence-electron chi connectivity index (χ2n) is 4.60. The van der Waals surface area contributed by atoms with Crippen molar-refractivity contribution in [2.45, 2.75) is 42.9 Å². The molecule has 9 heteroatoms. The van der Waals surface area contributed by atoms with E-state index in [1.54, 1.807) is 4.72 Å². The van der Waals surface area contributed by atoms with Crippen molar-refractivity contribution in [3.05, 3.63) is 12.5 Å². The first-order chi connectivity index (χ1) is 8.81. The monoisotopic (exact) mass is 297 g/mol. The third-order valence-electron chi connectivity index (χ3n) is 3.27. The average Bonchev–Trinajstić information content (AvgIpc) is 2.97. The number of alkyl halides is 3. The SMILES string of the molecule is O=S(=O)(N[C@@H](C1CCCC1)C(F)(F)F)c1cnc[nH]1. The van der Waals surface area contributed by atoms with Crippen LogP contribution in [-0.2, 0) is 10.0 Å². The van der Waals surface area contributed by atoms with Crippen molar-refractivity contribution in [1.29, 1.82) is 0 Å². The largest absolute Gasteiger partial charge is 0.405 e. The molecule has 5 nitrogen and oxygen atoms in total. The smallest absolute Gasteiger partial charge is 0.335 e. The van der Waals surface area contributed by atoms with E-state index in [9.17, 15) is 21.6 Å². The Hall–Kier alpha value is -1.09. The second-order valence-corrected chi connectivity index (χ2v) is 6.28. The molecule has 0 radical (unpaired) electrons. The first-order valence-electron chi connectivity index (χ1n) is 5.88. The number of H-pyrrole nitrogens is 1. The molecular weight excluding hydrogens is 283 g/mol. The number of aromatic nitrogens is 2. The number of nitrogens with one attached hydrogen (secondary N) is 2. The van der Waals surface area contributed by atoms with E-state index in [4.69, 9.17) is 0 Å². The van der Waals surface area contributed by atoms with Gasteiger partial charge in [-0.3, -0.25) is 0 Å². The van der Waals surface area contributed by atoms with Crippen molar-refractivity contribution in [3.63, 3.8) is 0 Å². The highest BCUT2D eigenvalue weighted by Gasteiger charge is 2.47. The first-order valence-corrected chi connectivity index (χ1v) is 7.36. The summed E-state index contributed by atoms with van der Waals surface area (Å²) in [5.74, 6) is -0.697. The molecule has 1 fully saturated rings. The van der Waals surface area contributed by atoms with Gasteiger partial charge in [-0.1, -0.05) is 12.8 Å². The van der Waals surface area contributed by atoms with Gasteiger partial charge in [0.25, 0.3) is 10.0 Å². The van der Waals surface area contributed by atoms with Gasteiger partial charge in [-0.2, -0.15) is 17.9 Å². The average molecular weight is 297 g/mol. The zero-order chi connectivity index (χ0) is 14.1. The van der Waals surface area contributed by atoms with Crippen LogP contribution in [0.25, 0.3) is 0 Å². The van der Waals surface area contributed by atoms with Crippen LogP contribution in [0.4, 0.5) is 13.2 Å². The van der Waals surface area contributed by atoms with Crippen molar-refractivity contribution in [3.8, 4) is 0 Å². The van der Waals surface area contributed by atoms with E-state index in [1.165, 1.54) is 0 Å². The van der Waals surface area contributed by atoms with Crippen LogP contribution in [0.5, 0.6) is 0 Å². The molecule has 1 saturated carbocycles. The zero-order valence-electron chi connectivity index (χ0n) is 9.94. The highest BCUT2D eigenvalue weighted by atomic mass is 32.2. The van der Waals surface area contributed by atoms with Crippen LogP contribution in [0.15, 0.2) is 17.6 Å². The Labute approximate surface area is 108 Å². The van der Waals surface area contributed by atoms with Gasteiger partial charge >= 0.3 is 6.18 Å². The van der Waals surface area contributed by atoms with E-state index in [2.05, 4.69) is 9.97 Å². The summed E-state index contributed by atoms with van der Waals surface area (Å²) in [7, 11) is -4.22. The molecule has 108 valence electrons. The van der Waals surface area contributed by atoms with Crippen LogP contribution in [0.3, 0.4) is 0 Å². The van der Waals surface area contributed by atoms with Crippen molar-refractivity contribution < 1.29 is 21.6 Å². The maximum absolute atomic E-state index is 13.0. The highest BCUT2D eigenvalue weighted by molar-refractivity contribution is 7.89. The lowest BCUT2D eigenvalue weighted by Gasteiger charge is -2.26. The van der Waals surface area contributed by atoms with Crippen molar-refractivity contribution in [2.75, 3.05) is 0 Å². The van der Waals surface area contributed by atoms with Crippen molar-refractivity contribution >= 4 is 10.0 Å². The molecule has 1 heterocycles. The highest BCUT2D eigenvalue weighted by Crippen LogP contribution is 2.36. The summed E-state index contributed by atoms with van der Waals surface area (Å²) >= 11 is 0. The third kappa shape index (κ3) is 3.27. The van der Waals surface area contributed by atoms with Crippen LogP contribution in [0.2, 0.25) is 0 Å². The molecule has 1 aromatic rings. The van der Waals surface area contributed by atoms with Gasteiger partial charge in [0.05, 0.1) is 12.5 Å². The molecule has 1 aliphatic carbocycles. The van der Waals surface area contributed by atoms with Gasteiger partial charge in [-0.25, -0.2) is 13.4 Å². The fourth-order valence-corrected chi connectivity index (χ4v) is 3.54. The number of nitrogens with zero attached hydrogens (tertiary/aromatic N) is 1. The third-order valence-corrected chi connectivity index (χ3v) is 4.64. The molecule has 0 amide bonds. The molecule has 2 rings (SSSR count). The summed E-state index contributed by atoms with van der Waals surface area (Å²) in [4.78, 5) is 5.80. The van der Waals surface area contributed by atoms with Crippen molar-refractivity contribution in [1.82, 2.24) is 14.7 Å². The Morgan fingerprint density at radius 3 is 2.47 bits per heavy atom. The lowest BCUT2D eigenvalue weighted by Crippen LogP contribution is -2.49. The molecule has 1 aliphatic rings. The topological polar surface area (TPSA) is 74.8 Å². The van der Waals surface area contributed by atoms with Crippen LogP contribution in [0, 0.1) is 5.92 Å². The minimum absolute atomic E-state index is 0.361. The van der Waals surface area contributed by atoms with Crippen LogP contribution in [-0.4, -0.2) is 30.6 Å². The van der Waals surface area contributed by atoms with Gasteiger partial charge < -0.3 is 4.98 Å². The van der Waals surface area contributed by atoms with Crippen molar-refractivity contribution in [2.24, 2.45) is 5.92 Å². The van der Waals surface area contributed by atoms with Gasteiger partial charge in [-0.15, -0.1) is 0 Å². The molecule has 0 aromatic carbocycles. The predicted molar refractivity (Wildman–Crippen MR) is 60.7 cm³/mol. The summed E-state index contributed by atoms with van der Waals surface area (Å²) < 4.78 is 64.4. The standard InChI is InChI=1S/C10H14F3N3O2S/c11-10(12,13)9(7-3-1-2-4-7)16-19(17,18)8-5-14-6-15-8/h5-7,9,16H,1-4H2,(H,14,15)/t9-/m0/s1. The molecule has 0 spiro atoms. The Morgan fingerprint density at radius 1 is 1.37 bits per heavy atom. The molecule has 2 N–H and O–H groups in total. The lowest BCUT2D eigenvalue weighted by atomic mass is 9.99. The van der Waals surface area contributed by atoms with Gasteiger partial charge in [0, 0.05) is 0 Å². The summed E-state index contributed by atoms with van der Waals surface area (Å²) in [5, 5.41) is -0.361. The molecule has 0 aliphatic heterocycles. The summed E-state index contributed by atoms with van der Waals surface area (Å²) in [6, 6.07) is -2.04. The van der Waals surface area contributed by atoms with E-state index in [0.717, 1.165) is 12.5 Å². The maximum atomic E-state index is 13.0. The van der Waals surface area contributed by atoms with E-state index in [-0.39, 0.29) is 5.03 Å². The summed E-state index contributed by atoms with van der Waals surface area (Å²) in [5.41, 5.74) is 0. The summed E-state index contributed by atoms with van der Waals surface area (Å²) in [6.07, 6.45) is -0.351. The number of aromatic amines is 1. The number of imidazole rings is 1. The normalized spacial score (nSPS) is 19.7. The van der Waals surface area contributed by atoms with Crippen LogP contribution >= 0.6 is 0 Å². The second kappa shape index (κ2) is 5.12. The number of sulfonamides is 1. The van der Waals surface area contributed by atoms with E-state index in [0.29, 0.717) is 25.7 Å². The summed E-state index contributed by atoms with van der Waals surface area (Å²) in [6.45, 7) is 0. The Balaban J connectivity index is 2.21. The lowest BCUT2D eigenvalue weighted by molar-refractivity contribution is -0.162. The minimum Gasteiger partial charge on any atom is -0.335 e. The Morgan fingerprint density at radius 2 is 2.00 bits per heavy atom. The predicted octanol–water partition coefficient (Wildman–Crippen LogP) is 1.81. The Kier molecular flexibility index (Phi) is 3.86. The van der Waals surface area contributed by atoms with E-state index >= 15 is 0 Å². The Bertz CT molecular complexity index is 507. The van der Waals surface area contributed by atoms with Gasteiger partial charge in [0.2, 0.25) is 0 Å². The zero-order valence-corrected chi connectivity index (χ0v) is 10.8. The fourth-order valence-electron chi connectivity index (χ4n) is 2.34. The molecule has 0 unspecified atom stereocenters. The van der Waals surface area contributed by atoms with Gasteiger partial charge in [0.15, 0.2) is 5.03 Å². The molecule has 1 aromatic heterocycles. The van der Waals surface area contributed by atoms with Crippen LogP contribution < -0.4 is 4.72 Å².